The van der Waals surface area contributed by atoms with Crippen LogP contribution in [0.4, 0.5) is 4.79 Å². The van der Waals surface area contributed by atoms with Gasteiger partial charge in [-0.2, -0.15) is 9.78 Å². The molecular formula is C24H28BrN3O5S. The Hall–Kier alpha value is -2.43. The van der Waals surface area contributed by atoms with Crippen molar-refractivity contribution in [2.45, 2.75) is 69.5 Å². The highest BCUT2D eigenvalue weighted by Gasteiger charge is 2.25. The molecule has 1 fully saturated rings. The van der Waals surface area contributed by atoms with Crippen LogP contribution >= 0.6 is 15.9 Å². The fraction of sp³-hybridized carbons (Fsp3) is 0.417. The molecule has 10 heteroatoms. The van der Waals surface area contributed by atoms with Crippen LogP contribution in [0, 0.1) is 0 Å². The Balaban J connectivity index is 1.87. The van der Waals surface area contributed by atoms with E-state index in [1.165, 1.54) is 23.2 Å². The Morgan fingerprint density at radius 2 is 1.85 bits per heavy atom. The third kappa shape index (κ3) is 5.45. The lowest BCUT2D eigenvalue weighted by atomic mass is 9.98. The molecule has 1 heterocycles. The number of rotatable bonds is 4. The van der Waals surface area contributed by atoms with Crippen molar-refractivity contribution in [2.24, 2.45) is 5.14 Å². The molecule has 1 aromatic heterocycles. The lowest BCUT2D eigenvalue weighted by Crippen LogP contribution is -2.27. The van der Waals surface area contributed by atoms with Gasteiger partial charge in [0, 0.05) is 10.9 Å². The van der Waals surface area contributed by atoms with Crippen molar-refractivity contribution in [3.63, 3.8) is 0 Å². The number of ether oxygens (including phenoxy) is 2. The summed E-state index contributed by atoms with van der Waals surface area (Å²) >= 11 is 3.58. The number of benzene rings is 2. The number of carbonyl (C=O) groups is 1. The minimum atomic E-state index is -3.91. The number of nitrogens with two attached hydrogens (primary N) is 1. The summed E-state index contributed by atoms with van der Waals surface area (Å²) in [7, 11) is -3.91. The van der Waals surface area contributed by atoms with E-state index in [9.17, 15) is 13.2 Å². The predicted molar refractivity (Wildman–Crippen MR) is 133 cm³/mol. The fourth-order valence-corrected chi connectivity index (χ4v) is 5.03. The van der Waals surface area contributed by atoms with Gasteiger partial charge in [0.05, 0.1) is 21.0 Å². The summed E-state index contributed by atoms with van der Waals surface area (Å²) in [5.41, 5.74) is 0.717. The van der Waals surface area contributed by atoms with E-state index < -0.39 is 21.7 Å². The molecule has 1 aliphatic rings. The minimum absolute atomic E-state index is 0.0410. The van der Waals surface area contributed by atoms with Crippen molar-refractivity contribution in [3.05, 3.63) is 40.9 Å². The lowest BCUT2D eigenvalue weighted by Gasteiger charge is -2.23. The summed E-state index contributed by atoms with van der Waals surface area (Å²) in [6.07, 6.45) is 4.94. The van der Waals surface area contributed by atoms with Crippen LogP contribution in [0.1, 0.15) is 52.9 Å². The maximum atomic E-state index is 13.0. The molecule has 0 saturated heterocycles. The smallest absolute Gasteiger partial charge is 0.435 e. The Kier molecular flexibility index (Phi) is 6.76. The summed E-state index contributed by atoms with van der Waals surface area (Å²) in [4.78, 5) is 12.9. The van der Waals surface area contributed by atoms with Crippen molar-refractivity contribution in [2.75, 3.05) is 0 Å². The van der Waals surface area contributed by atoms with Gasteiger partial charge in [-0.3, -0.25) is 0 Å². The van der Waals surface area contributed by atoms with Crippen LogP contribution in [0.15, 0.2) is 45.8 Å². The first-order chi connectivity index (χ1) is 15.9. The topological polar surface area (TPSA) is 114 Å². The standard InChI is InChI=1S/C24H28BrN3O5S/c1-24(2,3)33-23(29)28-20-14-19(25)21(32-16-9-5-4-6-10-16)13-18(20)22(27-28)15-8-7-11-17(12-15)34(26,30)31/h7-8,11-14,16H,4-6,9-10H2,1-3H3,(H2,26,30,31). The largest absolute Gasteiger partial charge is 0.489 e. The molecule has 2 aromatic carbocycles. The third-order valence-electron chi connectivity index (χ3n) is 5.58. The molecule has 0 atom stereocenters. The van der Waals surface area contributed by atoms with Gasteiger partial charge in [-0.1, -0.05) is 18.6 Å². The first-order valence-electron chi connectivity index (χ1n) is 11.2. The third-order valence-corrected chi connectivity index (χ3v) is 7.11. The van der Waals surface area contributed by atoms with Gasteiger partial charge in [0.2, 0.25) is 10.0 Å². The molecule has 2 N–H and O–H groups in total. The molecule has 4 rings (SSSR count). The van der Waals surface area contributed by atoms with Gasteiger partial charge in [0.25, 0.3) is 0 Å². The van der Waals surface area contributed by atoms with Crippen molar-refractivity contribution >= 4 is 42.9 Å². The number of aromatic nitrogens is 2. The van der Waals surface area contributed by atoms with E-state index >= 15 is 0 Å². The number of halogens is 1. The average molecular weight is 550 g/mol. The zero-order valence-corrected chi connectivity index (χ0v) is 21.8. The Morgan fingerprint density at radius 1 is 1.15 bits per heavy atom. The van der Waals surface area contributed by atoms with Crippen molar-refractivity contribution in [3.8, 4) is 17.0 Å². The van der Waals surface area contributed by atoms with Crippen LogP contribution in [0.2, 0.25) is 0 Å². The van der Waals surface area contributed by atoms with Gasteiger partial charge < -0.3 is 9.47 Å². The van der Waals surface area contributed by atoms with Crippen molar-refractivity contribution < 1.29 is 22.7 Å². The minimum Gasteiger partial charge on any atom is -0.489 e. The summed E-state index contributed by atoms with van der Waals surface area (Å²) in [5, 5.41) is 10.5. The van der Waals surface area contributed by atoms with E-state index in [-0.39, 0.29) is 11.0 Å². The maximum absolute atomic E-state index is 13.0. The quantitative estimate of drug-likeness (QED) is 0.452. The zero-order chi connectivity index (χ0) is 24.7. The molecule has 0 aliphatic heterocycles. The van der Waals surface area contributed by atoms with Gasteiger partial charge in [-0.25, -0.2) is 18.4 Å². The van der Waals surface area contributed by atoms with E-state index in [2.05, 4.69) is 21.0 Å². The lowest BCUT2D eigenvalue weighted by molar-refractivity contribution is 0.0523. The fourth-order valence-electron chi connectivity index (χ4n) is 4.05. The highest BCUT2D eigenvalue weighted by atomic mass is 79.9. The van der Waals surface area contributed by atoms with E-state index in [1.54, 1.807) is 39.0 Å². The SMILES string of the molecule is CC(C)(C)OC(=O)n1nc(-c2cccc(S(N)(=O)=O)c2)c2cc(OC3CCCCC3)c(Br)cc21. The van der Waals surface area contributed by atoms with Crippen LogP contribution < -0.4 is 9.88 Å². The second-order valence-corrected chi connectivity index (χ2v) is 11.9. The van der Waals surface area contributed by atoms with E-state index in [4.69, 9.17) is 14.6 Å². The van der Waals surface area contributed by atoms with Crippen molar-refractivity contribution in [1.29, 1.82) is 0 Å². The number of carbonyl (C=O) groups excluding carboxylic acids is 1. The molecule has 3 aromatic rings. The molecule has 8 nitrogen and oxygen atoms in total. The first-order valence-corrected chi connectivity index (χ1v) is 13.5. The Labute approximate surface area is 207 Å². The number of hydrogen-bond acceptors (Lipinski definition) is 6. The summed E-state index contributed by atoms with van der Waals surface area (Å²) in [6, 6.07) is 9.78. The summed E-state index contributed by atoms with van der Waals surface area (Å²) in [5.74, 6) is 0.645. The van der Waals surface area contributed by atoms with E-state index in [1.807, 2.05) is 6.07 Å². The van der Waals surface area contributed by atoms with E-state index in [0.29, 0.717) is 32.4 Å². The Bertz CT molecular complexity index is 1340. The zero-order valence-electron chi connectivity index (χ0n) is 19.4. The number of sulfonamides is 1. The first kappa shape index (κ1) is 24.7. The van der Waals surface area contributed by atoms with Crippen LogP contribution in [-0.4, -0.2) is 36.0 Å². The second kappa shape index (κ2) is 9.31. The number of hydrogen-bond donors (Lipinski definition) is 1. The summed E-state index contributed by atoms with van der Waals surface area (Å²) < 4.78 is 37.6. The molecule has 34 heavy (non-hydrogen) atoms. The number of fused-ring (bicyclic) bond motifs is 1. The van der Waals surface area contributed by atoms with Crippen molar-refractivity contribution in [1.82, 2.24) is 9.78 Å². The molecule has 182 valence electrons. The van der Waals surface area contributed by atoms with Gasteiger partial charge in [0.1, 0.15) is 17.0 Å². The summed E-state index contributed by atoms with van der Waals surface area (Å²) in [6.45, 7) is 5.33. The van der Waals surface area contributed by atoms with Gasteiger partial charge in [-0.15, -0.1) is 0 Å². The van der Waals surface area contributed by atoms with Gasteiger partial charge in [-0.05, 0) is 86.6 Å². The van der Waals surface area contributed by atoms with E-state index in [0.717, 1.165) is 25.7 Å². The number of nitrogens with zero attached hydrogens (tertiary/aromatic N) is 2. The van der Waals surface area contributed by atoms with Crippen LogP contribution in [0.5, 0.6) is 5.75 Å². The normalized spacial score (nSPS) is 15.4. The molecule has 0 amide bonds. The monoisotopic (exact) mass is 549 g/mol. The van der Waals surface area contributed by atoms with Gasteiger partial charge in [0.15, 0.2) is 0 Å². The molecule has 1 aliphatic carbocycles. The average Bonchev–Trinajstić information content (AvgIpc) is 3.11. The molecule has 0 bridgehead atoms. The highest BCUT2D eigenvalue weighted by molar-refractivity contribution is 9.10. The molecule has 1 saturated carbocycles. The predicted octanol–water partition coefficient (Wildman–Crippen LogP) is 5.61. The highest BCUT2D eigenvalue weighted by Crippen LogP contribution is 2.38. The second-order valence-electron chi connectivity index (χ2n) is 9.49. The van der Waals surface area contributed by atoms with Crippen LogP contribution in [-0.2, 0) is 14.8 Å². The van der Waals surface area contributed by atoms with Crippen LogP contribution in [0.3, 0.4) is 0 Å². The molecule has 0 unspecified atom stereocenters. The molecule has 0 spiro atoms. The Morgan fingerprint density at radius 3 is 2.50 bits per heavy atom. The van der Waals surface area contributed by atoms with Gasteiger partial charge >= 0.3 is 6.09 Å². The molecule has 0 radical (unpaired) electrons. The molecular weight excluding hydrogens is 522 g/mol. The van der Waals surface area contributed by atoms with Crippen LogP contribution in [0.25, 0.3) is 22.2 Å². The number of primary sulfonamides is 1. The maximum Gasteiger partial charge on any atom is 0.435 e.